The number of aromatic nitrogens is 2. The maximum absolute atomic E-state index is 14.4. The highest BCUT2D eigenvalue weighted by Crippen LogP contribution is 2.37. The number of rotatable bonds is 9. The standard InChI is InChI=1S/C29H31FN4O4S/c1-33(28(38)20(14-27(36)37)13-18-5-2-3-6-18)29-32-24(17-39-29)23-15-21(30)9-10-22(23)19-8-11-25(31-16-19)34-12-4-7-26(34)35/h8-11,15-18,20H,2-7,12-14H2,1H3,(H,36,37)/t20-/m1/s1. The van der Waals surface area contributed by atoms with Crippen molar-refractivity contribution in [3.8, 4) is 22.4 Å². The molecule has 1 aromatic carbocycles. The zero-order valence-electron chi connectivity index (χ0n) is 21.8. The van der Waals surface area contributed by atoms with Gasteiger partial charge in [0, 0.05) is 48.6 Å². The third-order valence-electron chi connectivity index (χ3n) is 7.64. The minimum Gasteiger partial charge on any atom is -0.481 e. The Morgan fingerprint density at radius 3 is 2.64 bits per heavy atom. The molecule has 2 amide bonds. The molecule has 2 aromatic heterocycles. The van der Waals surface area contributed by atoms with Gasteiger partial charge in [0.25, 0.3) is 0 Å². The zero-order valence-corrected chi connectivity index (χ0v) is 22.6. The number of hydrogen-bond acceptors (Lipinski definition) is 6. The van der Waals surface area contributed by atoms with Gasteiger partial charge in [0.1, 0.15) is 11.6 Å². The van der Waals surface area contributed by atoms with E-state index in [2.05, 4.69) is 9.97 Å². The second kappa shape index (κ2) is 11.6. The number of halogens is 1. The number of amides is 2. The molecule has 0 spiro atoms. The maximum atomic E-state index is 14.4. The van der Waals surface area contributed by atoms with Crippen molar-refractivity contribution in [3.63, 3.8) is 0 Å². The molecule has 3 heterocycles. The number of benzene rings is 1. The lowest BCUT2D eigenvalue weighted by Gasteiger charge is -2.23. The third kappa shape index (κ3) is 6.00. The third-order valence-corrected chi connectivity index (χ3v) is 8.56. The second-order valence-electron chi connectivity index (χ2n) is 10.3. The number of anilines is 2. The average molecular weight is 551 g/mol. The normalized spacial score (nSPS) is 16.6. The van der Waals surface area contributed by atoms with Crippen molar-refractivity contribution in [3.05, 3.63) is 47.7 Å². The molecule has 0 radical (unpaired) electrons. The molecule has 0 bridgehead atoms. The summed E-state index contributed by atoms with van der Waals surface area (Å²) in [5.74, 6) is -1.26. The van der Waals surface area contributed by atoms with Gasteiger partial charge in [0.05, 0.1) is 12.1 Å². The molecule has 2 fully saturated rings. The summed E-state index contributed by atoms with van der Waals surface area (Å²) in [7, 11) is 1.61. The molecule has 1 N–H and O–H groups in total. The van der Waals surface area contributed by atoms with Crippen molar-refractivity contribution in [1.82, 2.24) is 9.97 Å². The van der Waals surface area contributed by atoms with Crippen molar-refractivity contribution in [1.29, 1.82) is 0 Å². The monoisotopic (exact) mass is 550 g/mol. The summed E-state index contributed by atoms with van der Waals surface area (Å²) in [6.45, 7) is 0.648. The molecular weight excluding hydrogens is 519 g/mol. The number of carboxylic acids is 1. The van der Waals surface area contributed by atoms with Gasteiger partial charge >= 0.3 is 5.97 Å². The minimum atomic E-state index is -0.988. The lowest BCUT2D eigenvalue weighted by atomic mass is 9.90. The Labute approximate surface area is 230 Å². The molecule has 1 aliphatic heterocycles. The van der Waals surface area contributed by atoms with Gasteiger partial charge in [-0.25, -0.2) is 14.4 Å². The first-order valence-electron chi connectivity index (χ1n) is 13.3. The fourth-order valence-electron chi connectivity index (χ4n) is 5.62. The van der Waals surface area contributed by atoms with E-state index in [9.17, 15) is 23.9 Å². The van der Waals surface area contributed by atoms with Crippen molar-refractivity contribution in [2.24, 2.45) is 11.8 Å². The Hall–Kier alpha value is -3.66. The summed E-state index contributed by atoms with van der Waals surface area (Å²) in [5.41, 5.74) is 2.53. The molecule has 1 saturated carbocycles. The number of carboxylic acid groups (broad SMARTS) is 1. The number of pyridine rings is 1. The van der Waals surface area contributed by atoms with Crippen LogP contribution in [0, 0.1) is 17.7 Å². The van der Waals surface area contributed by atoms with Gasteiger partial charge in [-0.15, -0.1) is 11.3 Å². The number of nitrogens with zero attached hydrogens (tertiary/aromatic N) is 4. The van der Waals surface area contributed by atoms with Crippen LogP contribution in [-0.4, -0.2) is 46.5 Å². The van der Waals surface area contributed by atoms with Crippen molar-refractivity contribution in [2.75, 3.05) is 23.4 Å². The number of thiazole rings is 1. The summed E-state index contributed by atoms with van der Waals surface area (Å²) in [6.07, 6.45) is 7.65. The topological polar surface area (TPSA) is 104 Å². The summed E-state index contributed by atoms with van der Waals surface area (Å²) >= 11 is 1.25. The smallest absolute Gasteiger partial charge is 0.304 e. The highest BCUT2D eigenvalue weighted by Gasteiger charge is 2.31. The maximum Gasteiger partial charge on any atom is 0.304 e. The van der Waals surface area contributed by atoms with Gasteiger partial charge in [-0.05, 0) is 48.6 Å². The zero-order chi connectivity index (χ0) is 27.5. The summed E-state index contributed by atoms with van der Waals surface area (Å²) in [6, 6.07) is 8.09. The van der Waals surface area contributed by atoms with Crippen LogP contribution in [0.1, 0.15) is 51.4 Å². The van der Waals surface area contributed by atoms with E-state index >= 15 is 0 Å². The van der Waals surface area contributed by atoms with Gasteiger partial charge in [0.2, 0.25) is 11.8 Å². The van der Waals surface area contributed by atoms with Gasteiger partial charge in [0.15, 0.2) is 5.13 Å². The minimum absolute atomic E-state index is 0.0558. The molecule has 1 saturated heterocycles. The summed E-state index contributed by atoms with van der Waals surface area (Å²) in [4.78, 5) is 49.2. The van der Waals surface area contributed by atoms with E-state index in [-0.39, 0.29) is 18.2 Å². The van der Waals surface area contributed by atoms with Crippen LogP contribution in [0.5, 0.6) is 0 Å². The molecule has 39 heavy (non-hydrogen) atoms. The molecule has 2 aliphatic rings. The summed E-state index contributed by atoms with van der Waals surface area (Å²) in [5, 5.41) is 11.6. The molecule has 1 atom stereocenters. The summed E-state index contributed by atoms with van der Waals surface area (Å²) < 4.78 is 14.4. The predicted octanol–water partition coefficient (Wildman–Crippen LogP) is 5.77. The Balaban J connectivity index is 1.39. The Kier molecular flexibility index (Phi) is 8.02. The molecule has 8 nitrogen and oxygen atoms in total. The van der Waals surface area contributed by atoms with E-state index in [1.165, 1.54) is 28.4 Å². The molecular formula is C29H31FN4O4S. The number of aliphatic carboxylic acids is 1. The van der Waals surface area contributed by atoms with Crippen LogP contribution < -0.4 is 9.80 Å². The first-order valence-corrected chi connectivity index (χ1v) is 14.2. The quantitative estimate of drug-likeness (QED) is 0.363. The number of carbonyl (C=O) groups excluding carboxylic acids is 2. The average Bonchev–Trinajstić information content (AvgIpc) is 3.70. The Morgan fingerprint density at radius 2 is 1.97 bits per heavy atom. The fraction of sp³-hybridized carbons (Fsp3) is 0.414. The number of carbonyl (C=O) groups is 3. The van der Waals surface area contributed by atoms with E-state index in [0.29, 0.717) is 47.5 Å². The Morgan fingerprint density at radius 1 is 1.18 bits per heavy atom. The Bertz CT molecular complexity index is 1370. The van der Waals surface area contributed by atoms with Gasteiger partial charge in [-0.2, -0.15) is 0 Å². The van der Waals surface area contributed by atoms with Crippen LogP contribution in [0.25, 0.3) is 22.4 Å². The van der Waals surface area contributed by atoms with E-state index in [0.717, 1.165) is 43.2 Å². The van der Waals surface area contributed by atoms with E-state index < -0.39 is 17.7 Å². The van der Waals surface area contributed by atoms with Crippen LogP contribution in [0.2, 0.25) is 0 Å². The van der Waals surface area contributed by atoms with Crippen LogP contribution in [-0.2, 0) is 14.4 Å². The van der Waals surface area contributed by atoms with Crippen LogP contribution in [0.15, 0.2) is 41.9 Å². The highest BCUT2D eigenvalue weighted by molar-refractivity contribution is 7.14. The molecule has 0 unspecified atom stereocenters. The molecule has 5 rings (SSSR count). The van der Waals surface area contributed by atoms with Crippen molar-refractivity contribution < 1.29 is 23.9 Å². The predicted molar refractivity (Wildman–Crippen MR) is 148 cm³/mol. The van der Waals surface area contributed by atoms with E-state index in [1.807, 2.05) is 6.07 Å². The highest BCUT2D eigenvalue weighted by atomic mass is 32.1. The van der Waals surface area contributed by atoms with Crippen molar-refractivity contribution >= 4 is 40.1 Å². The van der Waals surface area contributed by atoms with Gasteiger partial charge < -0.3 is 5.11 Å². The van der Waals surface area contributed by atoms with E-state index in [4.69, 9.17) is 0 Å². The van der Waals surface area contributed by atoms with Crippen LogP contribution in [0.4, 0.5) is 15.3 Å². The first kappa shape index (κ1) is 26.9. The SMILES string of the molecule is CN(C(=O)[C@@H](CC(=O)O)CC1CCCC1)c1nc(-c2cc(F)ccc2-c2ccc(N3CCCC3=O)nc2)cs1. The molecule has 204 valence electrons. The van der Waals surface area contributed by atoms with E-state index in [1.54, 1.807) is 35.7 Å². The molecule has 1 aliphatic carbocycles. The van der Waals surface area contributed by atoms with Gasteiger partial charge in [-0.1, -0.05) is 31.7 Å². The van der Waals surface area contributed by atoms with Gasteiger partial charge in [-0.3, -0.25) is 24.2 Å². The molecule has 10 heteroatoms. The first-order chi connectivity index (χ1) is 18.8. The van der Waals surface area contributed by atoms with Crippen LogP contribution in [0.3, 0.4) is 0 Å². The van der Waals surface area contributed by atoms with Crippen molar-refractivity contribution in [2.45, 2.75) is 51.4 Å². The lowest BCUT2D eigenvalue weighted by molar-refractivity contribution is -0.140. The number of hydrogen-bond donors (Lipinski definition) is 1. The fourth-order valence-corrected chi connectivity index (χ4v) is 6.41. The lowest BCUT2D eigenvalue weighted by Crippen LogP contribution is -2.35. The largest absolute Gasteiger partial charge is 0.481 e. The molecule has 3 aromatic rings. The second-order valence-corrected chi connectivity index (χ2v) is 11.2. The van der Waals surface area contributed by atoms with Crippen LogP contribution >= 0.6 is 11.3 Å².